The topological polar surface area (TPSA) is 94.8 Å². The number of carbonyl (C=O) groups excluding carboxylic acids is 1. The Hall–Kier alpha value is -1.16. The molecule has 0 aromatic heterocycles. The summed E-state index contributed by atoms with van der Waals surface area (Å²) in [4.78, 5) is 23.1. The molecule has 3 N–H and O–H groups in total. The molecule has 5 heteroatoms. The summed E-state index contributed by atoms with van der Waals surface area (Å²) in [7, 11) is 0. The lowest BCUT2D eigenvalue weighted by molar-refractivity contribution is -0.147. The van der Waals surface area contributed by atoms with Gasteiger partial charge < -0.3 is 15.3 Å². The molecule has 1 unspecified atom stereocenters. The maximum absolute atomic E-state index is 12.0. The van der Waals surface area contributed by atoms with Crippen molar-refractivity contribution < 1.29 is 24.9 Å². The lowest BCUT2D eigenvalue weighted by atomic mass is 9.43. The Kier molecular flexibility index (Phi) is 5.70. The van der Waals surface area contributed by atoms with E-state index in [2.05, 4.69) is 26.7 Å². The van der Waals surface area contributed by atoms with Gasteiger partial charge in [-0.25, -0.2) is 4.79 Å². The van der Waals surface area contributed by atoms with Gasteiger partial charge in [0.25, 0.3) is 0 Å². The first-order valence-corrected chi connectivity index (χ1v) is 12.0. The number of aliphatic hydroxyl groups excluding tert-OH is 2. The number of carbonyl (C=O) groups is 1. The molecule has 10 atom stereocenters. The van der Waals surface area contributed by atoms with Crippen molar-refractivity contribution in [1.82, 2.24) is 0 Å². The highest BCUT2D eigenvalue weighted by Gasteiger charge is 2.64. The van der Waals surface area contributed by atoms with Crippen molar-refractivity contribution in [2.45, 2.75) is 90.8 Å². The Morgan fingerprint density at radius 2 is 1.77 bits per heavy atom. The summed E-state index contributed by atoms with van der Waals surface area (Å²) in [6, 6.07) is 0. The number of aliphatic hydroxyl groups is 2. The van der Waals surface area contributed by atoms with E-state index in [0.29, 0.717) is 42.1 Å². The van der Waals surface area contributed by atoms with E-state index >= 15 is 0 Å². The minimum absolute atomic E-state index is 0.0514. The second-order valence-corrected chi connectivity index (χ2v) is 11.4. The fourth-order valence-corrected chi connectivity index (χ4v) is 8.71. The summed E-state index contributed by atoms with van der Waals surface area (Å²) in [6.45, 7) is 6.84. The van der Waals surface area contributed by atoms with Crippen molar-refractivity contribution in [3.8, 4) is 0 Å². The molecule has 0 amide bonds. The van der Waals surface area contributed by atoms with Crippen molar-refractivity contribution in [1.29, 1.82) is 0 Å². The average Bonchev–Trinajstić information content (AvgIpc) is 3.05. The van der Waals surface area contributed by atoms with Gasteiger partial charge in [0.15, 0.2) is 0 Å². The van der Waals surface area contributed by atoms with Gasteiger partial charge in [-0.2, -0.15) is 0 Å². The molecule has 168 valence electrons. The van der Waals surface area contributed by atoms with Gasteiger partial charge in [-0.15, -0.1) is 0 Å². The lowest BCUT2D eigenvalue weighted by Crippen LogP contribution is -2.59. The molecular weight excluding hydrogens is 380 g/mol. The summed E-state index contributed by atoms with van der Waals surface area (Å²) in [5.74, 6) is 2.96. The van der Waals surface area contributed by atoms with Gasteiger partial charge in [0.2, 0.25) is 0 Å². The SMILES string of the molecule is C[C@H](CCC(=O)O)[C@H]1CC[C@H]2[C@@H]3[C@H](O)C(=C=O)C4C[C@H](O)CC[C@]4(C)[C@H]3CC[C@]12C. The Morgan fingerprint density at radius 3 is 2.43 bits per heavy atom. The fraction of sp³-hybridized carbons (Fsp3) is 0.880. The normalized spacial score (nSPS) is 48.8. The van der Waals surface area contributed by atoms with Crippen molar-refractivity contribution in [3.63, 3.8) is 0 Å². The second kappa shape index (κ2) is 7.76. The number of carboxylic acids is 1. The quantitative estimate of drug-likeness (QED) is 0.603. The van der Waals surface area contributed by atoms with E-state index in [1.54, 1.807) is 0 Å². The van der Waals surface area contributed by atoms with Crippen LogP contribution in [0.4, 0.5) is 0 Å². The molecule has 4 saturated carbocycles. The maximum atomic E-state index is 12.0. The molecule has 4 aliphatic carbocycles. The van der Waals surface area contributed by atoms with Crippen molar-refractivity contribution in [3.05, 3.63) is 5.57 Å². The second-order valence-electron chi connectivity index (χ2n) is 11.4. The summed E-state index contributed by atoms with van der Waals surface area (Å²) < 4.78 is 0. The van der Waals surface area contributed by atoms with Gasteiger partial charge in [-0.1, -0.05) is 20.8 Å². The number of carboxylic acid groups (broad SMARTS) is 1. The third kappa shape index (κ3) is 3.20. The molecule has 0 spiro atoms. The molecule has 0 bridgehead atoms. The zero-order valence-corrected chi connectivity index (χ0v) is 18.6. The van der Waals surface area contributed by atoms with Crippen LogP contribution in [-0.4, -0.2) is 39.4 Å². The van der Waals surface area contributed by atoms with Crippen molar-refractivity contribution in [2.24, 2.45) is 46.3 Å². The third-order valence-corrected chi connectivity index (χ3v) is 10.3. The number of aliphatic carboxylic acids is 1. The van der Waals surface area contributed by atoms with E-state index < -0.39 is 18.2 Å². The molecule has 5 nitrogen and oxygen atoms in total. The van der Waals surface area contributed by atoms with Crippen LogP contribution in [0.1, 0.15) is 78.6 Å². The van der Waals surface area contributed by atoms with Crippen LogP contribution in [0.3, 0.4) is 0 Å². The first-order valence-electron chi connectivity index (χ1n) is 12.0. The zero-order valence-electron chi connectivity index (χ0n) is 18.6. The third-order valence-electron chi connectivity index (χ3n) is 10.3. The Bertz CT molecular complexity index is 742. The predicted octanol–water partition coefficient (Wildman–Crippen LogP) is 3.85. The van der Waals surface area contributed by atoms with E-state index in [1.165, 1.54) is 0 Å². The molecule has 0 aliphatic heterocycles. The summed E-state index contributed by atoms with van der Waals surface area (Å²) in [5, 5.41) is 30.8. The molecule has 4 fully saturated rings. The Balaban J connectivity index is 1.64. The van der Waals surface area contributed by atoms with E-state index in [1.807, 2.05) is 0 Å². The van der Waals surface area contributed by atoms with Crippen LogP contribution in [0.15, 0.2) is 5.57 Å². The standard InChI is InChI=1S/C25H38O5/c1-14(4-7-21(28)29)17-5-6-18-22-19(9-11-24(17,18)2)25(3)10-8-15(27)12-20(25)16(13-26)23(22)30/h14-15,17-20,22-23,27,30H,4-12H2,1-3H3,(H,28,29)/t14-,15-,17-,18+,19+,20?,22+,23-,24-,25-/m1/s1. The van der Waals surface area contributed by atoms with E-state index in [9.17, 15) is 19.8 Å². The Labute approximate surface area is 179 Å². The van der Waals surface area contributed by atoms with Gasteiger partial charge in [0.05, 0.1) is 12.2 Å². The van der Waals surface area contributed by atoms with Crippen LogP contribution in [0.25, 0.3) is 0 Å². The zero-order chi connectivity index (χ0) is 21.8. The van der Waals surface area contributed by atoms with E-state index in [4.69, 9.17) is 5.11 Å². The minimum Gasteiger partial charge on any atom is -0.481 e. The van der Waals surface area contributed by atoms with E-state index in [0.717, 1.165) is 38.5 Å². The van der Waals surface area contributed by atoms with Crippen molar-refractivity contribution in [2.75, 3.05) is 0 Å². The minimum atomic E-state index is -0.756. The first-order chi connectivity index (χ1) is 14.1. The summed E-state index contributed by atoms with van der Waals surface area (Å²) in [5.41, 5.74) is 0.541. The molecule has 0 heterocycles. The average molecular weight is 419 g/mol. The largest absolute Gasteiger partial charge is 0.481 e. The van der Waals surface area contributed by atoms with Gasteiger partial charge in [-0.05, 0) is 91.8 Å². The van der Waals surface area contributed by atoms with Crippen LogP contribution in [0, 0.1) is 46.3 Å². The van der Waals surface area contributed by atoms with Crippen LogP contribution < -0.4 is 0 Å². The predicted molar refractivity (Wildman–Crippen MR) is 113 cm³/mol. The monoisotopic (exact) mass is 418 g/mol. The number of hydrogen-bond acceptors (Lipinski definition) is 4. The van der Waals surface area contributed by atoms with Crippen LogP contribution in [0.2, 0.25) is 0 Å². The highest BCUT2D eigenvalue weighted by Crippen LogP contribution is 2.69. The lowest BCUT2D eigenvalue weighted by Gasteiger charge is -2.62. The smallest absolute Gasteiger partial charge is 0.303 e. The fourth-order valence-electron chi connectivity index (χ4n) is 8.71. The number of hydrogen-bond donors (Lipinski definition) is 3. The summed E-state index contributed by atoms with van der Waals surface area (Å²) in [6.07, 6.45) is 6.30. The maximum Gasteiger partial charge on any atom is 0.303 e. The molecule has 0 saturated heterocycles. The number of rotatable bonds is 4. The van der Waals surface area contributed by atoms with E-state index in [-0.39, 0.29) is 29.1 Å². The number of fused-ring (bicyclic) bond motifs is 5. The highest BCUT2D eigenvalue weighted by molar-refractivity contribution is 5.66. The molecular formula is C25H38O5. The van der Waals surface area contributed by atoms with Crippen molar-refractivity contribution >= 4 is 11.9 Å². The highest BCUT2D eigenvalue weighted by atomic mass is 16.4. The van der Waals surface area contributed by atoms with Gasteiger partial charge >= 0.3 is 5.97 Å². The molecule has 30 heavy (non-hydrogen) atoms. The summed E-state index contributed by atoms with van der Waals surface area (Å²) >= 11 is 0. The Morgan fingerprint density at radius 1 is 1.10 bits per heavy atom. The first kappa shape index (κ1) is 22.0. The van der Waals surface area contributed by atoms with Crippen LogP contribution in [-0.2, 0) is 9.59 Å². The molecule has 0 radical (unpaired) electrons. The van der Waals surface area contributed by atoms with Gasteiger partial charge in [0, 0.05) is 17.9 Å². The molecule has 0 aromatic carbocycles. The molecule has 0 aromatic rings. The van der Waals surface area contributed by atoms with Gasteiger partial charge in [0.1, 0.15) is 5.94 Å². The van der Waals surface area contributed by atoms with Crippen LogP contribution in [0.5, 0.6) is 0 Å². The molecule has 4 rings (SSSR count). The van der Waals surface area contributed by atoms with Crippen LogP contribution >= 0.6 is 0 Å². The molecule has 4 aliphatic rings. The van der Waals surface area contributed by atoms with Gasteiger partial charge in [-0.3, -0.25) is 4.79 Å².